The van der Waals surface area contributed by atoms with Crippen LogP contribution in [0, 0.1) is 0 Å². The van der Waals surface area contributed by atoms with Crippen LogP contribution in [0.2, 0.25) is 0 Å². The molecule has 2 aliphatic rings. The zero-order valence-corrected chi connectivity index (χ0v) is 11.7. The molecule has 2 N–H and O–H groups in total. The zero-order valence-electron chi connectivity index (χ0n) is 10.9. The number of hydrogen-bond donors (Lipinski definition) is 2. The van der Waals surface area contributed by atoms with Crippen molar-refractivity contribution in [1.29, 1.82) is 0 Å². The monoisotopic (exact) mass is 270 g/mol. The maximum Gasteiger partial charge on any atom is 0.242 e. The van der Waals surface area contributed by atoms with Gasteiger partial charge in [-0.2, -0.15) is 11.8 Å². The van der Waals surface area contributed by atoms with Crippen LogP contribution in [-0.2, 0) is 9.59 Å². The van der Waals surface area contributed by atoms with Crippen LogP contribution in [-0.4, -0.2) is 34.9 Å². The Kier molecular flexibility index (Phi) is 4.92. The Hall–Kier alpha value is -0.710. The van der Waals surface area contributed by atoms with Crippen molar-refractivity contribution in [1.82, 2.24) is 10.6 Å². The van der Waals surface area contributed by atoms with Crippen LogP contribution in [0.15, 0.2) is 0 Å². The Bertz CT molecular complexity index is 320. The first-order chi connectivity index (χ1) is 8.69. The Labute approximate surface area is 113 Å². The fourth-order valence-corrected chi connectivity index (χ4v) is 3.95. The van der Waals surface area contributed by atoms with Gasteiger partial charge in [0, 0.05) is 17.7 Å². The lowest BCUT2D eigenvalue weighted by atomic mass is 9.94. The van der Waals surface area contributed by atoms with Crippen molar-refractivity contribution in [2.75, 3.05) is 5.75 Å². The standard InChI is InChI=1S/C13H22N2O2S/c1-2-18-10-5-3-4-9(8-10)14-13(17)11-6-7-12(16)15-11/h9-11H,2-8H2,1H3,(H,14,17)(H,15,16)/t9-,10+,11+/m0/s1. The highest BCUT2D eigenvalue weighted by Gasteiger charge is 2.30. The van der Waals surface area contributed by atoms with Crippen molar-refractivity contribution in [3.05, 3.63) is 0 Å². The van der Waals surface area contributed by atoms with Crippen LogP contribution in [0.4, 0.5) is 0 Å². The summed E-state index contributed by atoms with van der Waals surface area (Å²) >= 11 is 1.99. The third kappa shape index (κ3) is 3.64. The number of carbonyl (C=O) groups is 2. The molecule has 0 aromatic rings. The fourth-order valence-electron chi connectivity index (χ4n) is 2.78. The van der Waals surface area contributed by atoms with Crippen LogP contribution >= 0.6 is 11.8 Å². The number of carbonyl (C=O) groups excluding carboxylic acids is 2. The topological polar surface area (TPSA) is 58.2 Å². The lowest BCUT2D eigenvalue weighted by Crippen LogP contribution is -2.47. The molecule has 1 aliphatic carbocycles. The van der Waals surface area contributed by atoms with E-state index in [9.17, 15) is 9.59 Å². The van der Waals surface area contributed by atoms with Crippen molar-refractivity contribution in [3.63, 3.8) is 0 Å². The molecule has 4 nitrogen and oxygen atoms in total. The van der Waals surface area contributed by atoms with Crippen molar-refractivity contribution >= 4 is 23.6 Å². The van der Waals surface area contributed by atoms with Gasteiger partial charge in [-0.25, -0.2) is 0 Å². The van der Waals surface area contributed by atoms with Crippen molar-refractivity contribution < 1.29 is 9.59 Å². The molecule has 0 radical (unpaired) electrons. The maximum absolute atomic E-state index is 12.0. The smallest absolute Gasteiger partial charge is 0.242 e. The van der Waals surface area contributed by atoms with Gasteiger partial charge in [0.25, 0.3) is 0 Å². The van der Waals surface area contributed by atoms with Gasteiger partial charge in [-0.1, -0.05) is 13.3 Å². The molecule has 2 fully saturated rings. The van der Waals surface area contributed by atoms with Gasteiger partial charge in [-0.15, -0.1) is 0 Å². The van der Waals surface area contributed by atoms with Crippen LogP contribution < -0.4 is 10.6 Å². The van der Waals surface area contributed by atoms with Crippen molar-refractivity contribution in [2.45, 2.75) is 62.8 Å². The molecule has 3 atom stereocenters. The number of nitrogens with one attached hydrogen (secondary N) is 2. The van der Waals surface area contributed by atoms with E-state index >= 15 is 0 Å². The molecule has 18 heavy (non-hydrogen) atoms. The Balaban J connectivity index is 1.78. The lowest BCUT2D eigenvalue weighted by molar-refractivity contribution is -0.126. The second-order valence-corrected chi connectivity index (χ2v) is 6.69. The summed E-state index contributed by atoms with van der Waals surface area (Å²) in [4.78, 5) is 23.1. The van der Waals surface area contributed by atoms with E-state index in [1.807, 2.05) is 11.8 Å². The van der Waals surface area contributed by atoms with Gasteiger partial charge in [0.2, 0.25) is 11.8 Å². The minimum Gasteiger partial charge on any atom is -0.352 e. The van der Waals surface area contributed by atoms with Gasteiger partial charge in [0.05, 0.1) is 0 Å². The van der Waals surface area contributed by atoms with Gasteiger partial charge in [0.15, 0.2) is 0 Å². The zero-order chi connectivity index (χ0) is 13.0. The summed E-state index contributed by atoms with van der Waals surface area (Å²) in [6.07, 6.45) is 5.74. The largest absolute Gasteiger partial charge is 0.352 e. The molecule has 0 spiro atoms. The molecule has 0 aromatic carbocycles. The van der Waals surface area contributed by atoms with E-state index in [-0.39, 0.29) is 17.9 Å². The molecular formula is C13H22N2O2S. The molecule has 1 saturated heterocycles. The normalized spacial score (nSPS) is 32.1. The number of hydrogen-bond acceptors (Lipinski definition) is 3. The van der Waals surface area contributed by atoms with Gasteiger partial charge in [-0.05, 0) is 31.4 Å². The molecule has 102 valence electrons. The molecule has 0 unspecified atom stereocenters. The predicted molar refractivity (Wildman–Crippen MR) is 73.5 cm³/mol. The Morgan fingerprint density at radius 2 is 2.28 bits per heavy atom. The van der Waals surface area contributed by atoms with Gasteiger partial charge in [0.1, 0.15) is 6.04 Å². The third-order valence-corrected chi connectivity index (χ3v) is 4.92. The summed E-state index contributed by atoms with van der Waals surface area (Å²) in [6.45, 7) is 2.18. The first-order valence-corrected chi connectivity index (χ1v) is 7.95. The van der Waals surface area contributed by atoms with E-state index < -0.39 is 0 Å². The molecule has 5 heteroatoms. The highest BCUT2D eigenvalue weighted by atomic mass is 32.2. The van der Waals surface area contributed by atoms with Crippen LogP contribution in [0.1, 0.15) is 45.4 Å². The van der Waals surface area contributed by atoms with Crippen molar-refractivity contribution in [3.8, 4) is 0 Å². The Morgan fingerprint density at radius 1 is 1.44 bits per heavy atom. The summed E-state index contributed by atoms with van der Waals surface area (Å²) in [5.41, 5.74) is 0. The van der Waals surface area contributed by atoms with E-state index in [0.29, 0.717) is 24.1 Å². The van der Waals surface area contributed by atoms with Gasteiger partial charge in [-0.3, -0.25) is 9.59 Å². The van der Waals surface area contributed by atoms with E-state index in [0.717, 1.165) is 18.6 Å². The molecule has 1 aliphatic heterocycles. The summed E-state index contributed by atoms with van der Waals surface area (Å²) in [6, 6.07) is 0.00417. The van der Waals surface area contributed by atoms with E-state index in [1.54, 1.807) is 0 Å². The minimum absolute atomic E-state index is 0.00166. The van der Waals surface area contributed by atoms with Crippen LogP contribution in [0.3, 0.4) is 0 Å². The van der Waals surface area contributed by atoms with E-state index in [1.165, 1.54) is 12.8 Å². The molecule has 0 bridgehead atoms. The second-order valence-electron chi connectivity index (χ2n) is 5.11. The molecular weight excluding hydrogens is 248 g/mol. The van der Waals surface area contributed by atoms with E-state index in [2.05, 4.69) is 17.6 Å². The van der Waals surface area contributed by atoms with Gasteiger partial charge < -0.3 is 10.6 Å². The molecule has 2 amide bonds. The van der Waals surface area contributed by atoms with Crippen molar-refractivity contribution in [2.24, 2.45) is 0 Å². The summed E-state index contributed by atoms with van der Waals surface area (Å²) < 4.78 is 0. The predicted octanol–water partition coefficient (Wildman–Crippen LogP) is 1.45. The van der Waals surface area contributed by atoms with Crippen LogP contribution in [0.5, 0.6) is 0 Å². The highest BCUT2D eigenvalue weighted by molar-refractivity contribution is 7.99. The first kappa shape index (κ1) is 13.7. The number of thioether (sulfide) groups is 1. The quantitative estimate of drug-likeness (QED) is 0.813. The fraction of sp³-hybridized carbons (Fsp3) is 0.846. The summed E-state index contributed by atoms with van der Waals surface area (Å²) in [5.74, 6) is 1.15. The average Bonchev–Trinajstić information content (AvgIpc) is 2.77. The maximum atomic E-state index is 12.0. The second kappa shape index (κ2) is 6.45. The van der Waals surface area contributed by atoms with Crippen LogP contribution in [0.25, 0.3) is 0 Å². The highest BCUT2D eigenvalue weighted by Crippen LogP contribution is 2.28. The Morgan fingerprint density at radius 3 is 2.94 bits per heavy atom. The first-order valence-electron chi connectivity index (χ1n) is 6.90. The van der Waals surface area contributed by atoms with E-state index in [4.69, 9.17) is 0 Å². The SMILES string of the molecule is CCS[C@@H]1CCC[C@H](NC(=O)[C@H]2CCC(=O)N2)C1. The number of amides is 2. The number of rotatable bonds is 4. The molecule has 1 heterocycles. The molecule has 1 saturated carbocycles. The molecule has 2 rings (SSSR count). The lowest BCUT2D eigenvalue weighted by Gasteiger charge is -2.30. The average molecular weight is 270 g/mol. The summed E-state index contributed by atoms with van der Waals surface area (Å²) in [7, 11) is 0. The third-order valence-electron chi connectivity index (χ3n) is 3.69. The summed E-state index contributed by atoms with van der Waals surface area (Å²) in [5, 5.41) is 6.51. The van der Waals surface area contributed by atoms with Gasteiger partial charge >= 0.3 is 0 Å². The minimum atomic E-state index is -0.295. The molecule has 0 aromatic heterocycles.